The van der Waals surface area contributed by atoms with Gasteiger partial charge in [-0.2, -0.15) is 4.98 Å². The lowest BCUT2D eigenvalue weighted by atomic mass is 10.1. The summed E-state index contributed by atoms with van der Waals surface area (Å²) >= 11 is 1.55. The second kappa shape index (κ2) is 6.72. The van der Waals surface area contributed by atoms with Gasteiger partial charge in [0.05, 0.1) is 0 Å². The molecule has 2 aromatic carbocycles. The highest BCUT2D eigenvalue weighted by Gasteiger charge is 2.26. The molecule has 0 saturated carbocycles. The highest BCUT2D eigenvalue weighted by atomic mass is 32.2. The van der Waals surface area contributed by atoms with Crippen LogP contribution >= 0.6 is 11.8 Å². The minimum absolute atomic E-state index is 0.334. The average Bonchev–Trinajstić information content (AvgIpc) is 2.79. The standard InChI is InChI=1S/C19H18N4OS/c1-3-25-19-21-18-16(22-23-19)14-10-6-7-11-15(14)20-17(24-18)13-9-5-4-8-12(13)2/h4-11,17,20H,3H2,1-2H3. The molecule has 1 aliphatic rings. The molecule has 3 aromatic rings. The summed E-state index contributed by atoms with van der Waals surface area (Å²) in [6.45, 7) is 4.14. The van der Waals surface area contributed by atoms with E-state index in [1.807, 2.05) is 36.4 Å². The summed E-state index contributed by atoms with van der Waals surface area (Å²) in [4.78, 5) is 4.59. The first-order valence-electron chi connectivity index (χ1n) is 8.22. The number of fused-ring (bicyclic) bond motifs is 3. The number of hydrogen-bond acceptors (Lipinski definition) is 6. The summed E-state index contributed by atoms with van der Waals surface area (Å²) in [5.41, 5.74) is 4.81. The van der Waals surface area contributed by atoms with Crippen LogP contribution in [0.4, 0.5) is 5.69 Å². The predicted molar refractivity (Wildman–Crippen MR) is 99.8 cm³/mol. The quantitative estimate of drug-likeness (QED) is 0.704. The van der Waals surface area contributed by atoms with Crippen molar-refractivity contribution >= 4 is 17.4 Å². The summed E-state index contributed by atoms with van der Waals surface area (Å²) in [6, 6.07) is 16.2. The first-order chi connectivity index (χ1) is 12.3. The third kappa shape index (κ3) is 3.05. The molecule has 0 saturated heterocycles. The molecular formula is C19H18N4OS. The number of para-hydroxylation sites is 1. The van der Waals surface area contributed by atoms with Gasteiger partial charge in [-0.3, -0.25) is 0 Å². The first kappa shape index (κ1) is 15.9. The van der Waals surface area contributed by atoms with Crippen molar-refractivity contribution in [2.75, 3.05) is 11.1 Å². The number of aromatic nitrogens is 3. The van der Waals surface area contributed by atoms with Gasteiger partial charge >= 0.3 is 0 Å². The van der Waals surface area contributed by atoms with Crippen LogP contribution in [0.25, 0.3) is 11.3 Å². The van der Waals surface area contributed by atoms with Gasteiger partial charge in [-0.25, -0.2) is 0 Å². The monoisotopic (exact) mass is 350 g/mol. The topological polar surface area (TPSA) is 59.9 Å². The Morgan fingerprint density at radius 3 is 2.72 bits per heavy atom. The molecule has 5 nitrogen and oxygen atoms in total. The van der Waals surface area contributed by atoms with Gasteiger partial charge in [0.2, 0.25) is 11.0 Å². The molecule has 1 aliphatic heterocycles. The summed E-state index contributed by atoms with van der Waals surface area (Å²) in [7, 11) is 0. The lowest BCUT2D eigenvalue weighted by Crippen LogP contribution is -2.18. The zero-order valence-electron chi connectivity index (χ0n) is 14.1. The molecule has 6 heteroatoms. The van der Waals surface area contributed by atoms with Crippen molar-refractivity contribution in [3.8, 4) is 17.1 Å². The van der Waals surface area contributed by atoms with Crippen LogP contribution < -0.4 is 10.1 Å². The van der Waals surface area contributed by atoms with Gasteiger partial charge < -0.3 is 10.1 Å². The average molecular weight is 350 g/mol. The molecule has 0 aliphatic carbocycles. The van der Waals surface area contributed by atoms with Gasteiger partial charge in [-0.05, 0) is 24.3 Å². The number of nitrogens with zero attached hydrogens (tertiary/aromatic N) is 3. The number of benzene rings is 2. The third-order valence-electron chi connectivity index (χ3n) is 4.08. The minimum Gasteiger partial charge on any atom is -0.448 e. The highest BCUT2D eigenvalue weighted by molar-refractivity contribution is 7.99. The maximum Gasteiger partial charge on any atom is 0.247 e. The summed E-state index contributed by atoms with van der Waals surface area (Å²) in [6.07, 6.45) is -0.334. The molecule has 0 amide bonds. The van der Waals surface area contributed by atoms with Crippen molar-refractivity contribution in [1.29, 1.82) is 0 Å². The zero-order valence-corrected chi connectivity index (χ0v) is 14.9. The molecule has 1 atom stereocenters. The Labute approximate surface area is 150 Å². The van der Waals surface area contributed by atoms with Crippen molar-refractivity contribution in [3.63, 3.8) is 0 Å². The van der Waals surface area contributed by atoms with Crippen molar-refractivity contribution < 1.29 is 4.74 Å². The second-order valence-electron chi connectivity index (χ2n) is 5.73. The maximum absolute atomic E-state index is 6.26. The number of ether oxygens (including phenoxy) is 1. The van der Waals surface area contributed by atoms with Crippen LogP contribution in [0.1, 0.15) is 24.3 Å². The molecule has 4 rings (SSSR count). The van der Waals surface area contributed by atoms with E-state index in [9.17, 15) is 0 Å². The zero-order chi connectivity index (χ0) is 17.2. The van der Waals surface area contributed by atoms with Crippen LogP contribution in [0.15, 0.2) is 53.7 Å². The normalized spacial score (nSPS) is 15.4. The van der Waals surface area contributed by atoms with E-state index in [4.69, 9.17) is 4.74 Å². The molecule has 1 unspecified atom stereocenters. The van der Waals surface area contributed by atoms with E-state index >= 15 is 0 Å². The maximum atomic E-state index is 6.26. The van der Waals surface area contributed by atoms with E-state index in [2.05, 4.69) is 46.5 Å². The van der Waals surface area contributed by atoms with Gasteiger partial charge in [0.1, 0.15) is 0 Å². The fourth-order valence-electron chi connectivity index (χ4n) is 2.86. The third-order valence-corrected chi connectivity index (χ3v) is 4.80. The molecular weight excluding hydrogens is 332 g/mol. The van der Waals surface area contributed by atoms with Gasteiger partial charge in [0.15, 0.2) is 11.9 Å². The number of aryl methyl sites for hydroxylation is 1. The molecule has 1 aromatic heterocycles. The predicted octanol–water partition coefficient (Wildman–Crippen LogP) is 4.46. The first-order valence-corrected chi connectivity index (χ1v) is 9.20. The Balaban J connectivity index is 1.85. The van der Waals surface area contributed by atoms with Gasteiger partial charge in [-0.1, -0.05) is 61.2 Å². The van der Waals surface area contributed by atoms with Crippen LogP contribution in [0.2, 0.25) is 0 Å². The van der Waals surface area contributed by atoms with E-state index < -0.39 is 0 Å². The van der Waals surface area contributed by atoms with Crippen LogP contribution in [0.3, 0.4) is 0 Å². The number of rotatable bonds is 3. The van der Waals surface area contributed by atoms with Gasteiger partial charge in [0, 0.05) is 16.8 Å². The van der Waals surface area contributed by atoms with Crippen LogP contribution in [-0.4, -0.2) is 20.9 Å². The molecule has 1 N–H and O–H groups in total. The molecule has 0 bridgehead atoms. The summed E-state index contributed by atoms with van der Waals surface area (Å²) in [5.74, 6) is 1.40. The summed E-state index contributed by atoms with van der Waals surface area (Å²) in [5, 5.41) is 12.7. The summed E-state index contributed by atoms with van der Waals surface area (Å²) < 4.78 is 6.26. The molecule has 0 spiro atoms. The Kier molecular flexibility index (Phi) is 4.28. The van der Waals surface area contributed by atoms with E-state index in [-0.39, 0.29) is 6.23 Å². The molecule has 2 heterocycles. The SMILES string of the molecule is CCSc1nnc2c(n1)OC(c1ccccc1C)Nc1ccccc1-2. The lowest BCUT2D eigenvalue weighted by Gasteiger charge is -2.20. The smallest absolute Gasteiger partial charge is 0.247 e. The molecule has 0 radical (unpaired) electrons. The van der Waals surface area contributed by atoms with Crippen molar-refractivity contribution in [3.05, 3.63) is 59.7 Å². The Morgan fingerprint density at radius 1 is 1.08 bits per heavy atom. The lowest BCUT2D eigenvalue weighted by molar-refractivity contribution is 0.224. The Morgan fingerprint density at radius 2 is 1.88 bits per heavy atom. The molecule has 0 fully saturated rings. The van der Waals surface area contributed by atoms with Crippen molar-refractivity contribution in [2.24, 2.45) is 0 Å². The number of anilines is 1. The van der Waals surface area contributed by atoms with E-state index in [0.717, 1.165) is 28.1 Å². The highest BCUT2D eigenvalue weighted by Crippen LogP contribution is 2.39. The number of nitrogens with one attached hydrogen (secondary N) is 1. The fourth-order valence-corrected chi connectivity index (χ4v) is 3.36. The van der Waals surface area contributed by atoms with E-state index in [1.165, 1.54) is 0 Å². The Bertz CT molecular complexity index is 915. The van der Waals surface area contributed by atoms with E-state index in [1.54, 1.807) is 11.8 Å². The van der Waals surface area contributed by atoms with Gasteiger partial charge in [0.25, 0.3) is 0 Å². The van der Waals surface area contributed by atoms with E-state index in [0.29, 0.717) is 16.7 Å². The van der Waals surface area contributed by atoms with Crippen LogP contribution in [0.5, 0.6) is 5.88 Å². The van der Waals surface area contributed by atoms with Crippen LogP contribution in [0, 0.1) is 6.92 Å². The van der Waals surface area contributed by atoms with Crippen molar-refractivity contribution in [2.45, 2.75) is 25.2 Å². The van der Waals surface area contributed by atoms with Crippen molar-refractivity contribution in [1.82, 2.24) is 15.2 Å². The fraction of sp³-hybridized carbons (Fsp3) is 0.211. The largest absolute Gasteiger partial charge is 0.448 e. The molecule has 25 heavy (non-hydrogen) atoms. The number of hydrogen-bond donors (Lipinski definition) is 1. The van der Waals surface area contributed by atoms with Crippen LogP contribution in [-0.2, 0) is 0 Å². The van der Waals surface area contributed by atoms with Gasteiger partial charge in [-0.15, -0.1) is 10.2 Å². The minimum atomic E-state index is -0.334. The number of thioether (sulfide) groups is 1. The Hall–Kier alpha value is -2.60. The second-order valence-corrected chi connectivity index (χ2v) is 6.96. The molecule has 126 valence electrons.